The standard InChI is InChI=1S/C8H9ClN4/c1-13(2)7-5-3-4-10-6(5)11-8(9)12-7/h3-4H,1-2H3,(H,10,11,12). The van der Waals surface area contributed by atoms with Crippen LogP contribution in [0, 0.1) is 0 Å². The summed E-state index contributed by atoms with van der Waals surface area (Å²) in [5, 5.41) is 1.24. The first-order valence-electron chi connectivity index (χ1n) is 3.86. The maximum atomic E-state index is 5.76. The Kier molecular flexibility index (Phi) is 1.84. The molecule has 0 aliphatic heterocycles. The first-order valence-corrected chi connectivity index (χ1v) is 4.24. The zero-order valence-electron chi connectivity index (χ0n) is 7.37. The van der Waals surface area contributed by atoms with Crippen LogP contribution < -0.4 is 4.90 Å². The summed E-state index contributed by atoms with van der Waals surface area (Å²) >= 11 is 5.76. The van der Waals surface area contributed by atoms with Gasteiger partial charge in [0.05, 0.1) is 5.39 Å². The van der Waals surface area contributed by atoms with Gasteiger partial charge in [0, 0.05) is 20.3 Å². The Hall–Kier alpha value is -1.29. The summed E-state index contributed by atoms with van der Waals surface area (Å²) in [6, 6.07) is 1.93. The zero-order chi connectivity index (χ0) is 9.42. The Labute approximate surface area is 80.6 Å². The van der Waals surface area contributed by atoms with Crippen LogP contribution in [0.2, 0.25) is 5.28 Å². The molecular formula is C8H9ClN4. The van der Waals surface area contributed by atoms with Crippen molar-refractivity contribution < 1.29 is 0 Å². The summed E-state index contributed by atoms with van der Waals surface area (Å²) < 4.78 is 0. The first-order chi connectivity index (χ1) is 6.18. The smallest absolute Gasteiger partial charge is 0.226 e. The largest absolute Gasteiger partial charge is 0.362 e. The molecule has 0 unspecified atom stereocenters. The number of nitrogens with zero attached hydrogens (tertiary/aromatic N) is 3. The Morgan fingerprint density at radius 2 is 2.15 bits per heavy atom. The van der Waals surface area contributed by atoms with Crippen LogP contribution in [0.15, 0.2) is 12.3 Å². The number of hydrogen-bond acceptors (Lipinski definition) is 3. The van der Waals surface area contributed by atoms with Gasteiger partial charge >= 0.3 is 0 Å². The number of anilines is 1. The van der Waals surface area contributed by atoms with Crippen LogP contribution in [0.4, 0.5) is 5.82 Å². The van der Waals surface area contributed by atoms with Gasteiger partial charge in [-0.05, 0) is 17.7 Å². The minimum Gasteiger partial charge on any atom is -0.362 e. The van der Waals surface area contributed by atoms with Crippen LogP contribution in [-0.2, 0) is 0 Å². The third kappa shape index (κ3) is 1.33. The van der Waals surface area contributed by atoms with Gasteiger partial charge in [0.1, 0.15) is 11.5 Å². The second-order valence-electron chi connectivity index (χ2n) is 2.95. The van der Waals surface area contributed by atoms with Gasteiger partial charge in [0.25, 0.3) is 0 Å². The lowest BCUT2D eigenvalue weighted by molar-refractivity contribution is 1.06. The van der Waals surface area contributed by atoms with E-state index in [0.29, 0.717) is 0 Å². The van der Waals surface area contributed by atoms with E-state index in [2.05, 4.69) is 15.0 Å². The topological polar surface area (TPSA) is 44.8 Å². The quantitative estimate of drug-likeness (QED) is 0.706. The zero-order valence-corrected chi connectivity index (χ0v) is 8.13. The highest BCUT2D eigenvalue weighted by molar-refractivity contribution is 6.28. The Morgan fingerprint density at radius 1 is 1.38 bits per heavy atom. The van der Waals surface area contributed by atoms with E-state index < -0.39 is 0 Å². The normalized spacial score (nSPS) is 10.7. The van der Waals surface area contributed by atoms with Crippen molar-refractivity contribution >= 4 is 28.5 Å². The van der Waals surface area contributed by atoms with Crippen LogP contribution in [0.3, 0.4) is 0 Å². The minimum atomic E-state index is 0.263. The number of hydrogen-bond donors (Lipinski definition) is 1. The molecule has 0 fully saturated rings. The summed E-state index contributed by atoms with van der Waals surface area (Å²) in [5.41, 5.74) is 0.767. The average molecular weight is 197 g/mol. The highest BCUT2D eigenvalue weighted by Crippen LogP contribution is 2.22. The molecule has 0 aromatic carbocycles. The monoisotopic (exact) mass is 196 g/mol. The summed E-state index contributed by atoms with van der Waals surface area (Å²) in [7, 11) is 3.84. The fraction of sp³-hybridized carbons (Fsp3) is 0.250. The SMILES string of the molecule is CN(C)c1nc(Cl)nc2[nH]ccc12. The van der Waals surface area contributed by atoms with Crippen molar-refractivity contribution in [2.24, 2.45) is 0 Å². The number of nitrogens with one attached hydrogen (secondary N) is 1. The number of halogens is 1. The molecule has 0 spiro atoms. The lowest BCUT2D eigenvalue weighted by Crippen LogP contribution is -2.11. The van der Waals surface area contributed by atoms with Crippen molar-refractivity contribution in [3.05, 3.63) is 17.5 Å². The number of fused-ring (bicyclic) bond motifs is 1. The summed E-state index contributed by atoms with van der Waals surface area (Å²) in [6.07, 6.45) is 1.82. The second kappa shape index (κ2) is 2.88. The minimum absolute atomic E-state index is 0.263. The van der Waals surface area contributed by atoms with E-state index in [1.807, 2.05) is 31.3 Å². The van der Waals surface area contributed by atoms with Gasteiger partial charge in [0.15, 0.2) is 0 Å². The van der Waals surface area contributed by atoms with Gasteiger partial charge < -0.3 is 9.88 Å². The van der Waals surface area contributed by atoms with Crippen LogP contribution in [-0.4, -0.2) is 29.0 Å². The third-order valence-corrected chi connectivity index (χ3v) is 1.96. The highest BCUT2D eigenvalue weighted by atomic mass is 35.5. The van der Waals surface area contributed by atoms with Gasteiger partial charge in [-0.2, -0.15) is 9.97 Å². The molecule has 0 radical (unpaired) electrons. The van der Waals surface area contributed by atoms with E-state index in [9.17, 15) is 0 Å². The fourth-order valence-electron chi connectivity index (χ4n) is 1.24. The van der Waals surface area contributed by atoms with Gasteiger partial charge in [-0.3, -0.25) is 0 Å². The molecule has 2 rings (SSSR count). The van der Waals surface area contributed by atoms with E-state index in [-0.39, 0.29) is 5.28 Å². The molecule has 13 heavy (non-hydrogen) atoms. The lowest BCUT2D eigenvalue weighted by atomic mass is 10.3. The molecule has 1 N–H and O–H groups in total. The highest BCUT2D eigenvalue weighted by Gasteiger charge is 2.08. The number of aromatic amines is 1. The molecule has 2 aromatic heterocycles. The summed E-state index contributed by atoms with van der Waals surface area (Å²) in [6.45, 7) is 0. The fourth-order valence-corrected chi connectivity index (χ4v) is 1.40. The van der Waals surface area contributed by atoms with Crippen molar-refractivity contribution in [3.63, 3.8) is 0 Å². The van der Waals surface area contributed by atoms with Crippen molar-refractivity contribution in [2.75, 3.05) is 19.0 Å². The van der Waals surface area contributed by atoms with Crippen molar-refractivity contribution in [2.45, 2.75) is 0 Å². The molecule has 2 heterocycles. The van der Waals surface area contributed by atoms with E-state index in [1.165, 1.54) is 0 Å². The molecule has 4 nitrogen and oxygen atoms in total. The second-order valence-corrected chi connectivity index (χ2v) is 3.29. The average Bonchev–Trinajstić information content (AvgIpc) is 2.49. The summed E-state index contributed by atoms with van der Waals surface area (Å²) in [4.78, 5) is 13.1. The van der Waals surface area contributed by atoms with Crippen molar-refractivity contribution in [1.29, 1.82) is 0 Å². The van der Waals surface area contributed by atoms with Crippen LogP contribution >= 0.6 is 11.6 Å². The molecule has 0 saturated carbocycles. The van der Waals surface area contributed by atoms with Crippen LogP contribution in [0.25, 0.3) is 11.0 Å². The van der Waals surface area contributed by atoms with Crippen LogP contribution in [0.5, 0.6) is 0 Å². The molecule has 0 saturated heterocycles. The molecule has 68 valence electrons. The summed E-state index contributed by atoms with van der Waals surface area (Å²) in [5.74, 6) is 0.830. The van der Waals surface area contributed by atoms with Gasteiger partial charge in [-0.15, -0.1) is 0 Å². The molecule has 5 heteroatoms. The van der Waals surface area contributed by atoms with E-state index in [4.69, 9.17) is 11.6 Å². The Bertz CT molecular complexity index is 435. The van der Waals surface area contributed by atoms with E-state index in [1.54, 1.807) is 0 Å². The van der Waals surface area contributed by atoms with Crippen LogP contribution in [0.1, 0.15) is 0 Å². The molecular weight excluding hydrogens is 188 g/mol. The Morgan fingerprint density at radius 3 is 2.85 bits per heavy atom. The van der Waals surface area contributed by atoms with E-state index >= 15 is 0 Å². The molecule has 2 aromatic rings. The van der Waals surface area contributed by atoms with Crippen molar-refractivity contribution in [3.8, 4) is 0 Å². The molecule has 0 bridgehead atoms. The Balaban J connectivity index is 2.77. The molecule has 0 amide bonds. The van der Waals surface area contributed by atoms with Gasteiger partial charge in [0.2, 0.25) is 5.28 Å². The van der Waals surface area contributed by atoms with E-state index in [0.717, 1.165) is 16.9 Å². The lowest BCUT2D eigenvalue weighted by Gasteiger charge is -2.11. The maximum Gasteiger partial charge on any atom is 0.226 e. The maximum absolute atomic E-state index is 5.76. The first kappa shape index (κ1) is 8.31. The third-order valence-electron chi connectivity index (χ3n) is 1.79. The number of rotatable bonds is 1. The number of aromatic nitrogens is 3. The molecule has 0 aliphatic rings. The molecule has 0 aliphatic carbocycles. The van der Waals surface area contributed by atoms with Gasteiger partial charge in [-0.1, -0.05) is 0 Å². The predicted octanol–water partition coefficient (Wildman–Crippen LogP) is 1.68. The predicted molar refractivity (Wildman–Crippen MR) is 53.2 cm³/mol. The van der Waals surface area contributed by atoms with Crippen molar-refractivity contribution in [1.82, 2.24) is 15.0 Å². The number of H-pyrrole nitrogens is 1. The van der Waals surface area contributed by atoms with Gasteiger partial charge in [-0.25, -0.2) is 0 Å². The molecule has 0 atom stereocenters.